The third-order valence-electron chi connectivity index (χ3n) is 5.20. The Hall–Kier alpha value is -1.96. The number of halogens is 6. The summed E-state index contributed by atoms with van der Waals surface area (Å²) >= 11 is 0. The molecule has 8 nitrogen and oxygen atoms in total. The van der Waals surface area contributed by atoms with Gasteiger partial charge < -0.3 is 30.7 Å². The van der Waals surface area contributed by atoms with Crippen LogP contribution in [0.3, 0.4) is 0 Å². The molecule has 2 aliphatic heterocycles. The SMILES string of the molecule is CC(C)(C)OC(=O)N1C[C@@H](N)C[C@H](C(F)(F)F)C1.CC(C)(C)OC(=O)N1C[C@H](N)C[C@@H](C(F)(F)F)C1. The average Bonchev–Trinajstić information content (AvgIpc) is 2.63. The largest absolute Gasteiger partial charge is 0.444 e. The van der Waals surface area contributed by atoms with E-state index in [9.17, 15) is 35.9 Å². The van der Waals surface area contributed by atoms with Gasteiger partial charge in [0.25, 0.3) is 0 Å². The molecule has 36 heavy (non-hydrogen) atoms. The summed E-state index contributed by atoms with van der Waals surface area (Å²) < 4.78 is 86.0. The number of amides is 2. The number of nitrogens with two attached hydrogens (primary N) is 2. The van der Waals surface area contributed by atoms with Crippen LogP contribution in [0, 0.1) is 11.8 Å². The molecule has 0 aromatic heterocycles. The minimum atomic E-state index is -4.34. The van der Waals surface area contributed by atoms with E-state index in [0.29, 0.717) is 0 Å². The van der Waals surface area contributed by atoms with Gasteiger partial charge >= 0.3 is 24.5 Å². The van der Waals surface area contributed by atoms with Crippen LogP contribution in [0.2, 0.25) is 0 Å². The molecule has 2 amide bonds. The fourth-order valence-electron chi connectivity index (χ4n) is 3.70. The number of hydrogen-bond acceptors (Lipinski definition) is 6. The lowest BCUT2D eigenvalue weighted by atomic mass is 9.94. The van der Waals surface area contributed by atoms with Crippen LogP contribution in [0.5, 0.6) is 0 Å². The van der Waals surface area contributed by atoms with Crippen molar-refractivity contribution in [1.82, 2.24) is 9.80 Å². The summed E-state index contributed by atoms with van der Waals surface area (Å²) in [4.78, 5) is 25.5. The second-order valence-electron chi connectivity index (χ2n) is 11.2. The maximum absolute atomic E-state index is 12.7. The highest BCUT2D eigenvalue weighted by Gasteiger charge is 2.46. The first-order valence-corrected chi connectivity index (χ1v) is 11.6. The van der Waals surface area contributed by atoms with Gasteiger partial charge in [-0.05, 0) is 54.4 Å². The van der Waals surface area contributed by atoms with Crippen LogP contribution < -0.4 is 11.5 Å². The molecule has 0 aromatic carbocycles. The van der Waals surface area contributed by atoms with Crippen molar-refractivity contribution in [2.45, 2.75) is 90.0 Å². The van der Waals surface area contributed by atoms with Crippen molar-refractivity contribution in [1.29, 1.82) is 0 Å². The van der Waals surface area contributed by atoms with Crippen molar-refractivity contribution in [2.75, 3.05) is 26.2 Å². The summed E-state index contributed by atoms with van der Waals surface area (Å²) in [5.41, 5.74) is 9.67. The van der Waals surface area contributed by atoms with E-state index in [-0.39, 0.29) is 39.0 Å². The van der Waals surface area contributed by atoms with Gasteiger partial charge in [0.2, 0.25) is 0 Å². The number of carbonyl (C=O) groups excluding carboxylic acids is 2. The summed E-state index contributed by atoms with van der Waals surface area (Å²) in [6.07, 6.45) is -10.5. The van der Waals surface area contributed by atoms with E-state index in [0.717, 1.165) is 9.80 Å². The Kier molecular flexibility index (Phi) is 10.3. The molecule has 2 saturated heterocycles. The normalized spacial score (nSPS) is 26.1. The van der Waals surface area contributed by atoms with Crippen LogP contribution >= 0.6 is 0 Å². The quantitative estimate of drug-likeness (QED) is 0.448. The summed E-state index contributed by atoms with van der Waals surface area (Å²) in [7, 11) is 0. The van der Waals surface area contributed by atoms with E-state index in [1.165, 1.54) is 0 Å². The van der Waals surface area contributed by atoms with E-state index in [1.54, 1.807) is 41.5 Å². The van der Waals surface area contributed by atoms with Crippen molar-refractivity contribution in [3.8, 4) is 0 Å². The molecule has 2 heterocycles. The number of nitrogens with zero attached hydrogens (tertiary/aromatic N) is 2. The lowest BCUT2D eigenvalue weighted by Gasteiger charge is -2.37. The number of carbonyl (C=O) groups is 2. The Labute approximate surface area is 207 Å². The number of alkyl halides is 6. The van der Waals surface area contributed by atoms with E-state index < -0.39 is 59.7 Å². The first kappa shape index (κ1) is 32.1. The molecule has 0 spiro atoms. The average molecular weight is 537 g/mol. The smallest absolute Gasteiger partial charge is 0.410 e. The molecular formula is C22H38F6N4O4. The van der Waals surface area contributed by atoms with Crippen LogP contribution in [0.1, 0.15) is 54.4 Å². The molecule has 2 aliphatic rings. The first-order chi connectivity index (χ1) is 16.0. The maximum atomic E-state index is 12.7. The number of likely N-dealkylation sites (tertiary alicyclic amines) is 2. The molecule has 0 unspecified atom stereocenters. The van der Waals surface area contributed by atoms with Gasteiger partial charge in [-0.3, -0.25) is 0 Å². The fraction of sp³-hybridized carbons (Fsp3) is 0.909. The topological polar surface area (TPSA) is 111 Å². The molecule has 2 rings (SSSR count). The van der Waals surface area contributed by atoms with E-state index in [2.05, 4.69) is 0 Å². The van der Waals surface area contributed by atoms with Gasteiger partial charge in [-0.25, -0.2) is 9.59 Å². The third-order valence-corrected chi connectivity index (χ3v) is 5.20. The second kappa shape index (κ2) is 11.6. The zero-order valence-corrected chi connectivity index (χ0v) is 21.5. The van der Waals surface area contributed by atoms with Gasteiger partial charge in [-0.15, -0.1) is 0 Å². The van der Waals surface area contributed by atoms with E-state index in [4.69, 9.17) is 20.9 Å². The highest BCUT2D eigenvalue weighted by molar-refractivity contribution is 5.68. The van der Waals surface area contributed by atoms with Gasteiger partial charge in [0.05, 0.1) is 11.8 Å². The van der Waals surface area contributed by atoms with Crippen molar-refractivity contribution < 1.29 is 45.4 Å². The molecule has 2 fully saturated rings. The van der Waals surface area contributed by atoms with Crippen LogP contribution in [0.25, 0.3) is 0 Å². The molecule has 0 bridgehead atoms. The van der Waals surface area contributed by atoms with Gasteiger partial charge in [-0.2, -0.15) is 26.3 Å². The summed E-state index contributed by atoms with van der Waals surface area (Å²) in [5, 5.41) is 0. The summed E-state index contributed by atoms with van der Waals surface area (Å²) in [6.45, 7) is 9.41. The Bertz CT molecular complexity index is 687. The predicted molar refractivity (Wildman–Crippen MR) is 120 cm³/mol. The van der Waals surface area contributed by atoms with Crippen molar-refractivity contribution in [3.63, 3.8) is 0 Å². The minimum absolute atomic E-state index is 0.0987. The first-order valence-electron chi connectivity index (χ1n) is 11.6. The van der Waals surface area contributed by atoms with Crippen LogP contribution in [-0.4, -0.2) is 83.8 Å². The number of hydrogen-bond donors (Lipinski definition) is 2. The Morgan fingerprint density at radius 1 is 0.639 bits per heavy atom. The van der Waals surface area contributed by atoms with Crippen molar-refractivity contribution in [3.05, 3.63) is 0 Å². The lowest BCUT2D eigenvalue weighted by Crippen LogP contribution is -2.53. The molecule has 0 aliphatic carbocycles. The van der Waals surface area contributed by atoms with Crippen LogP contribution in [0.15, 0.2) is 0 Å². The lowest BCUT2D eigenvalue weighted by molar-refractivity contribution is -0.187. The molecule has 4 N–H and O–H groups in total. The van der Waals surface area contributed by atoms with Crippen molar-refractivity contribution in [2.24, 2.45) is 23.3 Å². The van der Waals surface area contributed by atoms with Crippen molar-refractivity contribution >= 4 is 12.2 Å². The second-order valence-corrected chi connectivity index (χ2v) is 11.2. The minimum Gasteiger partial charge on any atom is -0.444 e. The maximum Gasteiger partial charge on any atom is 0.410 e. The highest BCUT2D eigenvalue weighted by atomic mass is 19.4. The Balaban J connectivity index is 0.000000360. The number of ether oxygens (including phenoxy) is 2. The molecule has 0 radical (unpaired) electrons. The van der Waals surface area contributed by atoms with Gasteiger partial charge in [0, 0.05) is 38.3 Å². The van der Waals surface area contributed by atoms with Crippen LogP contribution in [0.4, 0.5) is 35.9 Å². The van der Waals surface area contributed by atoms with E-state index >= 15 is 0 Å². The molecule has 4 atom stereocenters. The Morgan fingerprint density at radius 2 is 0.917 bits per heavy atom. The molecular weight excluding hydrogens is 498 g/mol. The number of rotatable bonds is 0. The highest BCUT2D eigenvalue weighted by Crippen LogP contribution is 2.34. The van der Waals surface area contributed by atoms with Gasteiger partial charge in [0.15, 0.2) is 0 Å². The van der Waals surface area contributed by atoms with Gasteiger partial charge in [-0.1, -0.05) is 0 Å². The Morgan fingerprint density at radius 3 is 1.14 bits per heavy atom. The van der Waals surface area contributed by atoms with Crippen LogP contribution in [-0.2, 0) is 9.47 Å². The molecule has 0 saturated carbocycles. The fourth-order valence-corrected chi connectivity index (χ4v) is 3.70. The summed E-state index contributed by atoms with van der Waals surface area (Å²) in [6, 6.07) is -1.34. The molecule has 14 heteroatoms. The zero-order valence-electron chi connectivity index (χ0n) is 21.5. The number of piperidine rings is 2. The third kappa shape index (κ3) is 11.4. The molecule has 212 valence electrons. The van der Waals surface area contributed by atoms with Gasteiger partial charge in [0.1, 0.15) is 11.2 Å². The standard InChI is InChI=1S/2C11H19F3N2O2/c2*1-10(2,3)18-9(17)16-5-7(11(12,13)14)4-8(15)6-16/h2*7-8H,4-6,15H2,1-3H3/t2*7-,8-/m10/s1. The zero-order chi connectivity index (χ0) is 28.3. The predicted octanol–water partition coefficient (Wildman–Crippen LogP) is 4.27. The summed E-state index contributed by atoms with van der Waals surface area (Å²) in [5.74, 6) is -3.15. The van der Waals surface area contributed by atoms with E-state index in [1.807, 2.05) is 0 Å². The molecule has 0 aromatic rings. The monoisotopic (exact) mass is 536 g/mol.